The number of benzene rings is 1. The summed E-state index contributed by atoms with van der Waals surface area (Å²) >= 11 is 0. The van der Waals surface area contributed by atoms with E-state index in [4.69, 9.17) is 0 Å². The van der Waals surface area contributed by atoms with Gasteiger partial charge in [0.25, 0.3) is 5.91 Å². The van der Waals surface area contributed by atoms with Gasteiger partial charge < -0.3 is 15.1 Å². The maximum absolute atomic E-state index is 12.2. The highest BCUT2D eigenvalue weighted by Gasteiger charge is 2.29. The van der Waals surface area contributed by atoms with E-state index in [0.29, 0.717) is 0 Å². The lowest BCUT2D eigenvalue weighted by atomic mass is 10.2. The maximum atomic E-state index is 12.2. The predicted molar refractivity (Wildman–Crippen MR) is 77.5 cm³/mol. The van der Waals surface area contributed by atoms with Crippen molar-refractivity contribution in [2.75, 3.05) is 31.5 Å². The lowest BCUT2D eigenvalue weighted by Crippen LogP contribution is -3.19. The molecule has 0 aromatic heterocycles. The Labute approximate surface area is 119 Å². The number of nitrogens with zero attached hydrogens (tertiary/aromatic N) is 1. The number of hydrogen-bond acceptors (Lipinski definition) is 2. The van der Waals surface area contributed by atoms with E-state index in [1.165, 1.54) is 4.90 Å². The summed E-state index contributed by atoms with van der Waals surface area (Å²) in [6.07, 6.45) is 0. The van der Waals surface area contributed by atoms with E-state index in [2.05, 4.69) is 5.32 Å². The largest absolute Gasteiger partial charge is 0.332 e. The van der Waals surface area contributed by atoms with E-state index < -0.39 is 0 Å². The number of para-hydroxylation sites is 1. The van der Waals surface area contributed by atoms with Gasteiger partial charge >= 0.3 is 0 Å². The molecule has 20 heavy (non-hydrogen) atoms. The van der Waals surface area contributed by atoms with Crippen molar-refractivity contribution in [1.29, 1.82) is 0 Å². The van der Waals surface area contributed by atoms with Gasteiger partial charge in [-0.15, -0.1) is 0 Å². The van der Waals surface area contributed by atoms with Crippen molar-refractivity contribution < 1.29 is 14.5 Å². The van der Waals surface area contributed by atoms with Crippen LogP contribution >= 0.6 is 0 Å². The van der Waals surface area contributed by atoms with Crippen LogP contribution in [0.2, 0.25) is 0 Å². The van der Waals surface area contributed by atoms with Crippen LogP contribution in [0.1, 0.15) is 13.8 Å². The summed E-state index contributed by atoms with van der Waals surface area (Å²) in [5.41, 5.74) is 0.825. The smallest absolute Gasteiger partial charge is 0.282 e. The van der Waals surface area contributed by atoms with E-state index in [1.54, 1.807) is 6.92 Å². The number of rotatable bonds is 3. The monoisotopic (exact) mass is 276 g/mol. The highest BCUT2D eigenvalue weighted by atomic mass is 16.2. The van der Waals surface area contributed by atoms with Crippen LogP contribution in [0.5, 0.6) is 0 Å². The Balaban J connectivity index is 1.87. The fourth-order valence-corrected chi connectivity index (χ4v) is 2.50. The van der Waals surface area contributed by atoms with Gasteiger partial charge in [0.2, 0.25) is 5.91 Å². The van der Waals surface area contributed by atoms with Crippen molar-refractivity contribution >= 4 is 17.5 Å². The molecule has 1 saturated heterocycles. The van der Waals surface area contributed by atoms with Crippen molar-refractivity contribution in [3.05, 3.63) is 30.3 Å². The molecule has 0 radical (unpaired) electrons. The molecule has 1 fully saturated rings. The van der Waals surface area contributed by atoms with Crippen LogP contribution < -0.4 is 10.2 Å². The quantitative estimate of drug-likeness (QED) is 0.801. The number of nitrogens with one attached hydrogen (secondary N) is 2. The number of piperazine rings is 1. The third-order valence-corrected chi connectivity index (χ3v) is 3.90. The summed E-state index contributed by atoms with van der Waals surface area (Å²) in [5, 5.41) is 2.93. The first-order valence-electron chi connectivity index (χ1n) is 7.04. The van der Waals surface area contributed by atoms with Gasteiger partial charge in [-0.2, -0.15) is 0 Å². The minimum atomic E-state index is -0.107. The van der Waals surface area contributed by atoms with Crippen LogP contribution in [0.4, 0.5) is 5.69 Å². The Morgan fingerprint density at radius 1 is 1.20 bits per heavy atom. The second-order valence-electron chi connectivity index (χ2n) is 5.24. The molecule has 0 unspecified atom stereocenters. The number of carbonyl (C=O) groups excluding carboxylic acids is 2. The highest BCUT2D eigenvalue weighted by molar-refractivity contribution is 5.93. The second-order valence-corrected chi connectivity index (χ2v) is 5.24. The summed E-state index contributed by atoms with van der Waals surface area (Å²) in [7, 11) is 0. The fourth-order valence-electron chi connectivity index (χ4n) is 2.50. The number of anilines is 1. The topological polar surface area (TPSA) is 53.9 Å². The summed E-state index contributed by atoms with van der Waals surface area (Å²) in [5.74, 6) is 0.146. The van der Waals surface area contributed by atoms with Gasteiger partial charge in [0, 0.05) is 12.6 Å². The molecule has 2 rings (SSSR count). The van der Waals surface area contributed by atoms with Crippen LogP contribution in [-0.2, 0) is 9.59 Å². The second kappa shape index (κ2) is 6.52. The van der Waals surface area contributed by atoms with E-state index in [-0.39, 0.29) is 17.9 Å². The number of carbonyl (C=O) groups is 2. The van der Waals surface area contributed by atoms with Crippen LogP contribution in [-0.4, -0.2) is 48.9 Å². The van der Waals surface area contributed by atoms with Crippen molar-refractivity contribution in [3.63, 3.8) is 0 Å². The molecule has 0 bridgehead atoms. The molecule has 0 saturated carbocycles. The Bertz CT molecular complexity index is 467. The molecular formula is C15H22N3O2+. The summed E-state index contributed by atoms with van der Waals surface area (Å²) < 4.78 is 0. The minimum Gasteiger partial charge on any atom is -0.332 e. The third-order valence-electron chi connectivity index (χ3n) is 3.90. The SMILES string of the molecule is CC(=O)N1CC[NH+]([C@H](C)C(=O)Nc2ccccc2)CC1. The fraction of sp³-hybridized carbons (Fsp3) is 0.467. The van der Waals surface area contributed by atoms with Crippen LogP contribution in [0.15, 0.2) is 30.3 Å². The molecule has 0 aliphatic carbocycles. The molecule has 1 aliphatic rings. The Morgan fingerprint density at radius 2 is 1.80 bits per heavy atom. The normalized spacial score (nSPS) is 17.6. The molecule has 2 amide bonds. The summed E-state index contributed by atoms with van der Waals surface area (Å²) in [6, 6.07) is 9.38. The molecule has 1 heterocycles. The van der Waals surface area contributed by atoms with Gasteiger partial charge in [0.1, 0.15) is 0 Å². The van der Waals surface area contributed by atoms with Gasteiger partial charge in [-0.25, -0.2) is 0 Å². The average Bonchev–Trinajstić information content (AvgIpc) is 2.47. The lowest BCUT2D eigenvalue weighted by molar-refractivity contribution is -0.917. The Kier molecular flexibility index (Phi) is 4.74. The third kappa shape index (κ3) is 3.57. The zero-order chi connectivity index (χ0) is 14.5. The minimum absolute atomic E-state index is 0.0301. The molecule has 0 spiro atoms. The van der Waals surface area contributed by atoms with Crippen LogP contribution in [0, 0.1) is 0 Å². The number of hydrogen-bond donors (Lipinski definition) is 2. The molecule has 1 aromatic rings. The molecule has 5 nitrogen and oxygen atoms in total. The highest BCUT2D eigenvalue weighted by Crippen LogP contribution is 2.05. The van der Waals surface area contributed by atoms with Crippen LogP contribution in [0.3, 0.4) is 0 Å². The van der Waals surface area contributed by atoms with E-state index in [0.717, 1.165) is 31.9 Å². The summed E-state index contributed by atoms with van der Waals surface area (Å²) in [4.78, 5) is 26.6. The Hall–Kier alpha value is -1.88. The first-order valence-corrected chi connectivity index (χ1v) is 7.04. The number of amides is 2. The molecular weight excluding hydrogens is 254 g/mol. The van der Waals surface area contributed by atoms with Gasteiger partial charge in [0.05, 0.1) is 26.2 Å². The van der Waals surface area contributed by atoms with E-state index >= 15 is 0 Å². The van der Waals surface area contributed by atoms with Gasteiger partial charge in [-0.05, 0) is 19.1 Å². The molecule has 5 heteroatoms. The van der Waals surface area contributed by atoms with Crippen LogP contribution in [0.25, 0.3) is 0 Å². The van der Waals surface area contributed by atoms with E-state index in [9.17, 15) is 9.59 Å². The van der Waals surface area contributed by atoms with Crippen molar-refractivity contribution in [2.45, 2.75) is 19.9 Å². The zero-order valence-electron chi connectivity index (χ0n) is 12.1. The van der Waals surface area contributed by atoms with Gasteiger partial charge in [0.15, 0.2) is 6.04 Å². The predicted octanol–water partition coefficient (Wildman–Crippen LogP) is -0.239. The molecule has 1 aromatic carbocycles. The molecule has 2 N–H and O–H groups in total. The van der Waals surface area contributed by atoms with Crippen molar-refractivity contribution in [2.24, 2.45) is 0 Å². The van der Waals surface area contributed by atoms with Crippen molar-refractivity contribution in [3.8, 4) is 0 Å². The lowest BCUT2D eigenvalue weighted by Gasteiger charge is -2.34. The van der Waals surface area contributed by atoms with Gasteiger partial charge in [-0.3, -0.25) is 9.59 Å². The zero-order valence-corrected chi connectivity index (χ0v) is 12.1. The van der Waals surface area contributed by atoms with Crippen molar-refractivity contribution in [1.82, 2.24) is 4.90 Å². The molecule has 108 valence electrons. The maximum Gasteiger partial charge on any atom is 0.282 e. The van der Waals surface area contributed by atoms with Gasteiger partial charge in [-0.1, -0.05) is 18.2 Å². The average molecular weight is 276 g/mol. The first-order chi connectivity index (χ1) is 9.58. The number of quaternary nitrogens is 1. The molecule has 1 atom stereocenters. The first kappa shape index (κ1) is 14.5. The molecule has 1 aliphatic heterocycles. The van der Waals surface area contributed by atoms with E-state index in [1.807, 2.05) is 42.2 Å². The Morgan fingerprint density at radius 3 is 2.35 bits per heavy atom. The summed E-state index contributed by atoms with van der Waals surface area (Å²) in [6.45, 7) is 6.64. The standard InChI is InChI=1S/C15H21N3O2/c1-12(15(20)16-14-6-4-3-5-7-14)17-8-10-18(11-9-17)13(2)19/h3-7,12H,8-11H2,1-2H3,(H,16,20)/p+1/t12-/m1/s1.